The molecule has 3 aliphatic rings. The van der Waals surface area contributed by atoms with Crippen LogP contribution >= 0.6 is 0 Å². The topological polar surface area (TPSA) is 117 Å². The van der Waals surface area contributed by atoms with Gasteiger partial charge in [-0.05, 0) is 49.7 Å². The molecule has 1 aromatic carbocycles. The molecular formula is C26H32N4O6. The van der Waals surface area contributed by atoms with Crippen molar-refractivity contribution in [2.75, 3.05) is 26.8 Å². The fourth-order valence-corrected chi connectivity index (χ4v) is 5.57. The van der Waals surface area contributed by atoms with E-state index in [-0.39, 0.29) is 46.3 Å². The molecule has 1 aromatic heterocycles. The number of hydrogen-bond acceptors (Lipinski definition) is 7. The van der Waals surface area contributed by atoms with E-state index in [1.54, 1.807) is 24.1 Å². The van der Waals surface area contributed by atoms with Crippen LogP contribution in [0.1, 0.15) is 84.2 Å². The third-order valence-corrected chi connectivity index (χ3v) is 7.30. The summed E-state index contributed by atoms with van der Waals surface area (Å²) in [5, 5.41) is 16.9. The second-order valence-electron chi connectivity index (χ2n) is 10.8. The number of nitro groups is 1. The van der Waals surface area contributed by atoms with E-state index in [9.17, 15) is 19.7 Å². The maximum atomic E-state index is 13.2. The molecule has 192 valence electrons. The van der Waals surface area contributed by atoms with Crippen molar-refractivity contribution in [2.45, 2.75) is 64.6 Å². The molecule has 2 fully saturated rings. The van der Waals surface area contributed by atoms with Gasteiger partial charge in [-0.3, -0.25) is 19.7 Å². The number of carbonyl (C=O) groups excluding carboxylic acids is 2. The number of fused-ring (bicyclic) bond motifs is 1. The molecule has 3 heterocycles. The smallest absolute Gasteiger partial charge is 0.295 e. The summed E-state index contributed by atoms with van der Waals surface area (Å²) in [5.74, 6) is -0.317. The number of nitro benzene ring substituents is 1. The molecule has 2 unspecified atom stereocenters. The second-order valence-corrected chi connectivity index (χ2v) is 10.8. The van der Waals surface area contributed by atoms with Gasteiger partial charge in [0.2, 0.25) is 0 Å². The van der Waals surface area contributed by atoms with E-state index in [1.807, 2.05) is 13.8 Å². The SMILES string of the molecule is CN(CC1CCCO1)C(=O)c1ccc(-n2nc(C3CCCO3)c3c2CC(C)(C)CC3=O)c([N+](=O)[O-])c1. The highest BCUT2D eigenvalue weighted by molar-refractivity contribution is 6.00. The maximum Gasteiger partial charge on any atom is 0.295 e. The third kappa shape index (κ3) is 4.55. The highest BCUT2D eigenvalue weighted by Crippen LogP contribution is 2.42. The average Bonchev–Trinajstić information content (AvgIpc) is 3.58. The summed E-state index contributed by atoms with van der Waals surface area (Å²) >= 11 is 0. The Balaban J connectivity index is 1.55. The molecule has 2 aromatic rings. The van der Waals surface area contributed by atoms with Crippen LogP contribution in [0, 0.1) is 15.5 Å². The van der Waals surface area contributed by atoms with Crippen molar-refractivity contribution >= 4 is 17.4 Å². The summed E-state index contributed by atoms with van der Waals surface area (Å²) < 4.78 is 13.0. The number of ether oxygens (including phenoxy) is 2. The summed E-state index contributed by atoms with van der Waals surface area (Å²) in [6.45, 7) is 5.74. The van der Waals surface area contributed by atoms with Gasteiger partial charge in [-0.15, -0.1) is 0 Å². The van der Waals surface area contributed by atoms with Crippen molar-refractivity contribution in [3.63, 3.8) is 0 Å². The van der Waals surface area contributed by atoms with E-state index in [2.05, 4.69) is 0 Å². The number of rotatable bonds is 6. The lowest BCUT2D eigenvalue weighted by Gasteiger charge is -2.29. The van der Waals surface area contributed by atoms with E-state index in [4.69, 9.17) is 14.6 Å². The van der Waals surface area contributed by atoms with Crippen molar-refractivity contribution in [1.82, 2.24) is 14.7 Å². The molecule has 1 amide bonds. The largest absolute Gasteiger partial charge is 0.376 e. The van der Waals surface area contributed by atoms with Crippen LogP contribution in [0.3, 0.4) is 0 Å². The number of nitrogens with zero attached hydrogens (tertiary/aromatic N) is 4. The van der Waals surface area contributed by atoms with Gasteiger partial charge in [-0.2, -0.15) is 5.10 Å². The molecule has 36 heavy (non-hydrogen) atoms. The normalized spacial score (nSPS) is 23.0. The van der Waals surface area contributed by atoms with Crippen LogP contribution in [0.5, 0.6) is 0 Å². The number of likely N-dealkylation sites (N-methyl/N-ethyl adjacent to an activating group) is 1. The Bertz CT molecular complexity index is 1210. The first kappa shape index (κ1) is 24.6. The van der Waals surface area contributed by atoms with Gasteiger partial charge in [0.05, 0.1) is 22.3 Å². The molecule has 0 N–H and O–H groups in total. The van der Waals surface area contributed by atoms with Gasteiger partial charge in [0, 0.05) is 44.9 Å². The van der Waals surface area contributed by atoms with Crippen LogP contribution in [0.2, 0.25) is 0 Å². The Kier molecular flexibility index (Phi) is 6.42. The van der Waals surface area contributed by atoms with Gasteiger partial charge < -0.3 is 14.4 Å². The van der Waals surface area contributed by atoms with E-state index in [0.717, 1.165) is 25.7 Å². The average molecular weight is 497 g/mol. The zero-order valence-corrected chi connectivity index (χ0v) is 21.0. The lowest BCUT2D eigenvalue weighted by atomic mass is 9.75. The van der Waals surface area contributed by atoms with Gasteiger partial charge in [0.1, 0.15) is 17.5 Å². The first-order valence-electron chi connectivity index (χ1n) is 12.6. The quantitative estimate of drug-likeness (QED) is 0.438. The minimum Gasteiger partial charge on any atom is -0.376 e. The van der Waals surface area contributed by atoms with Gasteiger partial charge in [-0.25, -0.2) is 4.68 Å². The van der Waals surface area contributed by atoms with Crippen LogP contribution in [-0.4, -0.2) is 64.2 Å². The first-order valence-corrected chi connectivity index (χ1v) is 12.6. The number of amides is 1. The summed E-state index contributed by atoms with van der Waals surface area (Å²) in [7, 11) is 1.68. The highest BCUT2D eigenvalue weighted by atomic mass is 16.6. The monoisotopic (exact) mass is 496 g/mol. The number of ketones is 1. The molecule has 1 aliphatic carbocycles. The highest BCUT2D eigenvalue weighted by Gasteiger charge is 2.40. The Labute approximate surface area is 209 Å². The van der Waals surface area contributed by atoms with Gasteiger partial charge in [0.25, 0.3) is 11.6 Å². The Morgan fingerprint density at radius 1 is 1.22 bits per heavy atom. The minimum absolute atomic E-state index is 0.0109. The zero-order chi connectivity index (χ0) is 25.6. The number of benzene rings is 1. The van der Waals surface area contributed by atoms with Crippen molar-refractivity contribution in [1.29, 1.82) is 0 Å². The van der Waals surface area contributed by atoms with Crippen molar-refractivity contribution < 1.29 is 24.0 Å². The molecule has 5 rings (SSSR count). The predicted molar refractivity (Wildman–Crippen MR) is 131 cm³/mol. The minimum atomic E-state index is -0.498. The molecule has 0 saturated carbocycles. The Morgan fingerprint density at radius 3 is 2.64 bits per heavy atom. The van der Waals surface area contributed by atoms with E-state index in [1.165, 1.54) is 10.7 Å². The van der Waals surface area contributed by atoms with Crippen LogP contribution in [0.4, 0.5) is 5.69 Å². The summed E-state index contributed by atoms with van der Waals surface area (Å²) in [6, 6.07) is 4.45. The number of carbonyl (C=O) groups is 2. The zero-order valence-electron chi connectivity index (χ0n) is 21.0. The number of hydrogen-bond donors (Lipinski definition) is 0. The molecule has 2 saturated heterocycles. The van der Waals surface area contributed by atoms with Crippen LogP contribution in [-0.2, 0) is 15.9 Å². The number of Topliss-reactive ketones (excluding diaryl/α,β-unsaturated/α-hetero) is 1. The van der Waals surface area contributed by atoms with Gasteiger partial charge in [-0.1, -0.05) is 13.8 Å². The molecule has 10 nitrogen and oxygen atoms in total. The third-order valence-electron chi connectivity index (χ3n) is 7.30. The van der Waals surface area contributed by atoms with Crippen molar-refractivity contribution in [3.05, 3.63) is 50.8 Å². The van der Waals surface area contributed by atoms with Gasteiger partial charge >= 0.3 is 0 Å². The Morgan fingerprint density at radius 2 is 1.97 bits per heavy atom. The molecule has 10 heteroatoms. The Hall–Kier alpha value is -3.11. The van der Waals surface area contributed by atoms with E-state index < -0.39 is 4.92 Å². The molecule has 0 spiro atoms. The van der Waals surface area contributed by atoms with Crippen LogP contribution in [0.15, 0.2) is 18.2 Å². The van der Waals surface area contributed by atoms with E-state index in [0.29, 0.717) is 49.6 Å². The lowest BCUT2D eigenvalue weighted by Crippen LogP contribution is -2.34. The second kappa shape index (κ2) is 9.40. The number of aromatic nitrogens is 2. The van der Waals surface area contributed by atoms with Crippen LogP contribution < -0.4 is 0 Å². The first-order chi connectivity index (χ1) is 17.1. The summed E-state index contributed by atoms with van der Waals surface area (Å²) in [6.07, 6.45) is 4.12. The predicted octanol–water partition coefficient (Wildman–Crippen LogP) is 4.04. The fraction of sp³-hybridized carbons (Fsp3) is 0.577. The molecule has 0 bridgehead atoms. The standard InChI is InChI=1S/C26H32N4O6/c1-26(2)13-20-23(21(31)14-26)24(22-7-5-11-36-22)27-29(20)18-9-8-16(12-19(18)30(33)34)25(32)28(3)15-17-6-4-10-35-17/h8-9,12,17,22H,4-7,10-11,13-15H2,1-3H3. The molecule has 2 aliphatic heterocycles. The lowest BCUT2D eigenvalue weighted by molar-refractivity contribution is -0.384. The van der Waals surface area contributed by atoms with E-state index >= 15 is 0 Å². The fourth-order valence-electron chi connectivity index (χ4n) is 5.57. The maximum absolute atomic E-state index is 13.2. The van der Waals surface area contributed by atoms with Crippen molar-refractivity contribution in [2.24, 2.45) is 5.41 Å². The van der Waals surface area contributed by atoms with Gasteiger partial charge in [0.15, 0.2) is 5.78 Å². The summed E-state index contributed by atoms with van der Waals surface area (Å²) in [5.41, 5.74) is 1.70. The molecule has 2 atom stereocenters. The molecule has 0 radical (unpaired) electrons. The summed E-state index contributed by atoms with van der Waals surface area (Å²) in [4.78, 5) is 39.5. The van der Waals surface area contributed by atoms with Crippen molar-refractivity contribution in [3.8, 4) is 5.69 Å². The van der Waals surface area contributed by atoms with Crippen LogP contribution in [0.25, 0.3) is 5.69 Å². The molecular weight excluding hydrogens is 464 g/mol.